The molecular formula is C18H17F4N3O2. The lowest BCUT2D eigenvalue weighted by molar-refractivity contribution is -0.116. The van der Waals surface area contributed by atoms with Crippen LogP contribution in [0.25, 0.3) is 0 Å². The fourth-order valence-corrected chi connectivity index (χ4v) is 2.35. The molecule has 2 aromatic carbocycles. The van der Waals surface area contributed by atoms with Crippen LogP contribution in [0.2, 0.25) is 0 Å². The van der Waals surface area contributed by atoms with Gasteiger partial charge in [0, 0.05) is 38.8 Å². The van der Waals surface area contributed by atoms with Gasteiger partial charge >= 0.3 is 0 Å². The lowest BCUT2D eigenvalue weighted by Crippen LogP contribution is -2.28. The Bertz CT molecular complexity index is 849. The van der Waals surface area contributed by atoms with E-state index in [0.717, 1.165) is 24.3 Å². The smallest absolute Gasteiger partial charge is 0.254 e. The first-order valence-corrected chi connectivity index (χ1v) is 7.88. The maximum absolute atomic E-state index is 13.9. The number of anilines is 2. The summed E-state index contributed by atoms with van der Waals surface area (Å²) in [5.41, 5.74) is -0.668. The molecule has 0 aliphatic rings. The summed E-state index contributed by atoms with van der Waals surface area (Å²) in [6.45, 7) is -0.151. The van der Waals surface area contributed by atoms with Crippen LogP contribution in [0, 0.1) is 23.3 Å². The number of hydrogen-bond acceptors (Lipinski definition) is 3. The van der Waals surface area contributed by atoms with Crippen LogP contribution in [0.4, 0.5) is 28.9 Å². The molecule has 0 aliphatic heterocycles. The van der Waals surface area contributed by atoms with E-state index in [1.54, 1.807) is 0 Å². The summed E-state index contributed by atoms with van der Waals surface area (Å²) >= 11 is 0. The molecule has 2 aromatic rings. The number of rotatable bonds is 6. The number of carbonyl (C=O) groups excluding carboxylic acids is 2. The summed E-state index contributed by atoms with van der Waals surface area (Å²) < 4.78 is 54.0. The molecule has 0 radical (unpaired) electrons. The van der Waals surface area contributed by atoms with Gasteiger partial charge in [-0.15, -0.1) is 0 Å². The Morgan fingerprint density at radius 2 is 1.59 bits per heavy atom. The van der Waals surface area contributed by atoms with Crippen molar-refractivity contribution >= 4 is 23.2 Å². The molecule has 0 fully saturated rings. The number of nitrogens with one attached hydrogen (secondary N) is 2. The molecule has 5 nitrogen and oxygen atoms in total. The zero-order valence-electron chi connectivity index (χ0n) is 14.6. The Morgan fingerprint density at radius 1 is 0.963 bits per heavy atom. The van der Waals surface area contributed by atoms with Crippen molar-refractivity contribution in [2.24, 2.45) is 0 Å². The van der Waals surface area contributed by atoms with Gasteiger partial charge in [-0.25, -0.2) is 17.6 Å². The Hall–Kier alpha value is -3.10. The molecule has 0 aromatic heterocycles. The Balaban J connectivity index is 1.90. The maximum Gasteiger partial charge on any atom is 0.254 e. The molecule has 9 heteroatoms. The van der Waals surface area contributed by atoms with E-state index < -0.39 is 35.1 Å². The average molecular weight is 383 g/mol. The normalized spacial score (nSPS) is 10.4. The molecule has 0 bridgehead atoms. The minimum absolute atomic E-state index is 0.0727. The number of hydrogen-bond donors (Lipinski definition) is 2. The third-order valence-electron chi connectivity index (χ3n) is 3.56. The van der Waals surface area contributed by atoms with Crippen LogP contribution < -0.4 is 15.5 Å². The van der Waals surface area contributed by atoms with Gasteiger partial charge in [-0.2, -0.15) is 0 Å². The highest BCUT2D eigenvalue weighted by atomic mass is 19.1. The van der Waals surface area contributed by atoms with Gasteiger partial charge in [0.05, 0.1) is 5.56 Å². The van der Waals surface area contributed by atoms with Crippen molar-refractivity contribution in [3.8, 4) is 0 Å². The van der Waals surface area contributed by atoms with Crippen molar-refractivity contribution in [1.29, 1.82) is 0 Å². The number of halogens is 4. The summed E-state index contributed by atoms with van der Waals surface area (Å²) in [7, 11) is 2.96. The van der Waals surface area contributed by atoms with Crippen LogP contribution in [-0.2, 0) is 4.79 Å². The standard InChI is InChI=1S/C18H17F4N3O2/c1-25(2)17-14(21)8-11(9-15(17)22)24-16(26)5-6-23-18(27)12-4-3-10(19)7-13(12)20/h3-4,7-9H,5-6H2,1-2H3,(H,23,27)(H,24,26). The molecule has 0 aliphatic carbocycles. The third-order valence-corrected chi connectivity index (χ3v) is 3.56. The minimum atomic E-state index is -1.02. The van der Waals surface area contributed by atoms with Crippen molar-refractivity contribution < 1.29 is 27.2 Å². The van der Waals surface area contributed by atoms with Crippen molar-refractivity contribution in [1.82, 2.24) is 5.32 Å². The molecule has 0 spiro atoms. The highest BCUT2D eigenvalue weighted by Gasteiger charge is 2.15. The first kappa shape index (κ1) is 20.2. The molecule has 0 heterocycles. The van der Waals surface area contributed by atoms with Gasteiger partial charge in [0.25, 0.3) is 5.91 Å². The number of nitrogens with zero attached hydrogens (tertiary/aromatic N) is 1. The third kappa shape index (κ3) is 5.19. The molecule has 2 N–H and O–H groups in total. The van der Waals surface area contributed by atoms with E-state index in [1.807, 2.05) is 0 Å². The van der Waals surface area contributed by atoms with Crippen molar-refractivity contribution in [2.75, 3.05) is 30.9 Å². The van der Waals surface area contributed by atoms with E-state index in [1.165, 1.54) is 19.0 Å². The molecule has 0 saturated heterocycles. The number of carbonyl (C=O) groups is 2. The zero-order valence-corrected chi connectivity index (χ0v) is 14.6. The zero-order chi connectivity index (χ0) is 20.1. The summed E-state index contributed by atoms with van der Waals surface area (Å²) in [5, 5.41) is 4.62. The monoisotopic (exact) mass is 383 g/mol. The molecule has 0 atom stereocenters. The Labute approximate surface area is 153 Å². The van der Waals surface area contributed by atoms with E-state index in [0.29, 0.717) is 6.07 Å². The molecule has 2 rings (SSSR count). The predicted molar refractivity (Wildman–Crippen MR) is 92.6 cm³/mol. The topological polar surface area (TPSA) is 61.4 Å². The fraction of sp³-hybridized carbons (Fsp3) is 0.222. The van der Waals surface area contributed by atoms with E-state index in [2.05, 4.69) is 10.6 Å². The lowest BCUT2D eigenvalue weighted by Gasteiger charge is -2.16. The van der Waals surface area contributed by atoms with E-state index >= 15 is 0 Å². The van der Waals surface area contributed by atoms with E-state index in [9.17, 15) is 27.2 Å². The quantitative estimate of drug-likeness (QED) is 0.754. The lowest BCUT2D eigenvalue weighted by atomic mass is 10.2. The number of amides is 2. The molecule has 0 unspecified atom stereocenters. The van der Waals surface area contributed by atoms with Crippen molar-refractivity contribution in [3.05, 3.63) is 59.2 Å². The van der Waals surface area contributed by atoms with Gasteiger partial charge in [-0.1, -0.05) is 0 Å². The van der Waals surface area contributed by atoms with Gasteiger partial charge in [0.1, 0.15) is 17.3 Å². The Morgan fingerprint density at radius 3 is 2.15 bits per heavy atom. The van der Waals surface area contributed by atoms with Gasteiger partial charge in [-0.05, 0) is 24.3 Å². The molecule has 27 heavy (non-hydrogen) atoms. The van der Waals surface area contributed by atoms with Gasteiger partial charge in [0.2, 0.25) is 5.91 Å². The summed E-state index contributed by atoms with van der Waals surface area (Å²) in [5.74, 6) is -4.93. The summed E-state index contributed by atoms with van der Waals surface area (Å²) in [6, 6.07) is 4.44. The first-order chi connectivity index (χ1) is 12.7. The molecular weight excluding hydrogens is 366 g/mol. The maximum atomic E-state index is 13.9. The minimum Gasteiger partial charge on any atom is -0.373 e. The first-order valence-electron chi connectivity index (χ1n) is 7.88. The highest BCUT2D eigenvalue weighted by molar-refractivity contribution is 5.95. The van der Waals surface area contributed by atoms with Gasteiger partial charge < -0.3 is 15.5 Å². The van der Waals surface area contributed by atoms with Crippen LogP contribution in [0.5, 0.6) is 0 Å². The van der Waals surface area contributed by atoms with Crippen LogP contribution in [-0.4, -0.2) is 32.5 Å². The van der Waals surface area contributed by atoms with E-state index in [-0.39, 0.29) is 29.9 Å². The fourth-order valence-electron chi connectivity index (χ4n) is 2.35. The van der Waals surface area contributed by atoms with Crippen molar-refractivity contribution in [2.45, 2.75) is 6.42 Å². The SMILES string of the molecule is CN(C)c1c(F)cc(NC(=O)CCNC(=O)c2ccc(F)cc2F)cc1F. The highest BCUT2D eigenvalue weighted by Crippen LogP contribution is 2.25. The average Bonchev–Trinajstić information content (AvgIpc) is 2.53. The van der Waals surface area contributed by atoms with Gasteiger partial charge in [-0.3, -0.25) is 9.59 Å². The summed E-state index contributed by atoms with van der Waals surface area (Å²) in [6.07, 6.45) is -0.215. The van der Waals surface area contributed by atoms with Crippen LogP contribution in [0.15, 0.2) is 30.3 Å². The Kier molecular flexibility index (Phi) is 6.38. The van der Waals surface area contributed by atoms with Gasteiger partial charge in [0.15, 0.2) is 11.6 Å². The number of benzene rings is 2. The second-order valence-corrected chi connectivity index (χ2v) is 5.86. The van der Waals surface area contributed by atoms with Crippen LogP contribution in [0.3, 0.4) is 0 Å². The van der Waals surface area contributed by atoms with Crippen molar-refractivity contribution in [3.63, 3.8) is 0 Å². The second kappa shape index (κ2) is 8.52. The molecule has 0 saturated carbocycles. The predicted octanol–water partition coefficient (Wildman–Crippen LogP) is 3.07. The van der Waals surface area contributed by atoms with Crippen LogP contribution in [0.1, 0.15) is 16.8 Å². The molecule has 2 amide bonds. The largest absolute Gasteiger partial charge is 0.373 e. The molecule has 144 valence electrons. The van der Waals surface area contributed by atoms with E-state index in [4.69, 9.17) is 0 Å². The van der Waals surface area contributed by atoms with Crippen LogP contribution >= 0.6 is 0 Å². The second-order valence-electron chi connectivity index (χ2n) is 5.86. The summed E-state index contributed by atoms with van der Waals surface area (Å²) in [4.78, 5) is 24.9.